The van der Waals surface area contributed by atoms with Crippen LogP contribution in [0.1, 0.15) is 47.9 Å². The molecule has 2 N–H and O–H groups in total. The van der Waals surface area contributed by atoms with Crippen molar-refractivity contribution in [1.82, 2.24) is 19.7 Å². The van der Waals surface area contributed by atoms with Gasteiger partial charge in [0.1, 0.15) is 22.7 Å². The van der Waals surface area contributed by atoms with Gasteiger partial charge in [-0.1, -0.05) is 6.07 Å². The van der Waals surface area contributed by atoms with Gasteiger partial charge in [-0.15, -0.1) is 0 Å². The fraction of sp³-hybridized carbons (Fsp3) is 0.350. The molecule has 3 aromatic rings. The predicted molar refractivity (Wildman–Crippen MR) is 103 cm³/mol. The third-order valence-corrected chi connectivity index (χ3v) is 5.34. The molecule has 31 heavy (non-hydrogen) atoms. The number of hydrogen-bond donors (Lipinski definition) is 2. The number of halogens is 3. The lowest BCUT2D eigenvalue weighted by atomic mass is 9.86. The van der Waals surface area contributed by atoms with Gasteiger partial charge >= 0.3 is 12.1 Å². The van der Waals surface area contributed by atoms with Crippen LogP contribution in [0.2, 0.25) is 0 Å². The predicted octanol–water partition coefficient (Wildman–Crippen LogP) is 3.91. The Bertz CT molecular complexity index is 1140. The van der Waals surface area contributed by atoms with Gasteiger partial charge in [0.25, 0.3) is 5.91 Å². The molecule has 0 aromatic carbocycles. The van der Waals surface area contributed by atoms with E-state index in [-0.39, 0.29) is 23.5 Å². The molecule has 4 rings (SSSR count). The summed E-state index contributed by atoms with van der Waals surface area (Å²) in [6, 6.07) is 4.75. The zero-order valence-electron chi connectivity index (χ0n) is 16.1. The summed E-state index contributed by atoms with van der Waals surface area (Å²) in [5.74, 6) is -1.75. The van der Waals surface area contributed by atoms with Gasteiger partial charge < -0.3 is 10.4 Å². The van der Waals surface area contributed by atoms with Crippen LogP contribution in [-0.2, 0) is 11.0 Å². The van der Waals surface area contributed by atoms with Crippen molar-refractivity contribution in [3.8, 4) is 0 Å². The van der Waals surface area contributed by atoms with Crippen LogP contribution in [-0.4, -0.2) is 36.7 Å². The molecule has 3 aromatic heterocycles. The second-order valence-electron chi connectivity index (χ2n) is 7.44. The second kappa shape index (κ2) is 7.97. The smallest absolute Gasteiger partial charge is 0.433 e. The number of aromatic nitrogens is 4. The first kappa shape index (κ1) is 20.8. The van der Waals surface area contributed by atoms with E-state index < -0.39 is 23.7 Å². The van der Waals surface area contributed by atoms with E-state index in [0.717, 1.165) is 12.1 Å². The van der Waals surface area contributed by atoms with Crippen LogP contribution in [0.4, 0.5) is 19.0 Å². The van der Waals surface area contributed by atoms with E-state index in [0.29, 0.717) is 36.6 Å². The molecule has 1 fully saturated rings. The molecule has 1 aliphatic carbocycles. The Kier molecular flexibility index (Phi) is 5.34. The summed E-state index contributed by atoms with van der Waals surface area (Å²) in [5, 5.41) is 16.8. The van der Waals surface area contributed by atoms with Gasteiger partial charge in [-0.3, -0.25) is 14.3 Å². The number of aliphatic carboxylic acids is 1. The molecule has 0 aliphatic heterocycles. The van der Waals surface area contributed by atoms with Gasteiger partial charge in [0.15, 0.2) is 0 Å². The zero-order valence-corrected chi connectivity index (χ0v) is 16.1. The molecule has 1 amide bonds. The summed E-state index contributed by atoms with van der Waals surface area (Å²) in [6.45, 7) is 0. The summed E-state index contributed by atoms with van der Waals surface area (Å²) >= 11 is 0. The van der Waals surface area contributed by atoms with Crippen molar-refractivity contribution in [2.24, 2.45) is 5.92 Å². The maximum atomic E-state index is 12.8. The first-order chi connectivity index (χ1) is 14.7. The standard InChI is InChI=1S/C20H18F3N5O3/c21-20(22,23)16-3-1-2-14(25-16)18(29)26-17-8-12-10-28(27-15(12)9-24-17)13-6-4-11(5-7-13)19(30)31/h1-3,8-11,13H,4-7H2,(H,26,29)(H,30,31)/t11-,13-. The minimum atomic E-state index is -4.65. The molecule has 162 valence electrons. The molecule has 0 unspecified atom stereocenters. The van der Waals surface area contributed by atoms with E-state index in [1.807, 2.05) is 0 Å². The SMILES string of the molecule is O=C(Nc1cc2cn([C@H]3CC[C@H](C(=O)O)CC3)nc2cn1)c1cccc(C(F)(F)F)n1. The van der Waals surface area contributed by atoms with E-state index in [9.17, 15) is 22.8 Å². The first-order valence-electron chi connectivity index (χ1n) is 9.64. The molecular formula is C20H18F3N5O3. The lowest BCUT2D eigenvalue weighted by molar-refractivity contribution is -0.143. The highest BCUT2D eigenvalue weighted by molar-refractivity contribution is 6.03. The van der Waals surface area contributed by atoms with Crippen LogP contribution in [0.25, 0.3) is 10.9 Å². The topological polar surface area (TPSA) is 110 Å². The lowest BCUT2D eigenvalue weighted by Crippen LogP contribution is -2.23. The second-order valence-corrected chi connectivity index (χ2v) is 7.44. The fourth-order valence-electron chi connectivity index (χ4n) is 3.69. The van der Waals surface area contributed by atoms with Gasteiger partial charge in [0.2, 0.25) is 0 Å². The molecule has 1 aliphatic rings. The van der Waals surface area contributed by atoms with E-state index >= 15 is 0 Å². The van der Waals surface area contributed by atoms with Crippen molar-refractivity contribution in [2.75, 3.05) is 5.32 Å². The van der Waals surface area contributed by atoms with Crippen LogP contribution in [0.15, 0.2) is 36.7 Å². The van der Waals surface area contributed by atoms with E-state index in [1.165, 1.54) is 12.3 Å². The number of nitrogens with zero attached hydrogens (tertiary/aromatic N) is 4. The van der Waals surface area contributed by atoms with Crippen LogP contribution in [0.3, 0.4) is 0 Å². The van der Waals surface area contributed by atoms with Crippen molar-refractivity contribution in [3.63, 3.8) is 0 Å². The number of carbonyl (C=O) groups excluding carboxylic acids is 1. The minimum Gasteiger partial charge on any atom is -0.481 e. The average molecular weight is 433 g/mol. The highest BCUT2D eigenvalue weighted by Gasteiger charge is 2.33. The molecule has 3 heterocycles. The van der Waals surface area contributed by atoms with Crippen LogP contribution in [0.5, 0.6) is 0 Å². The van der Waals surface area contributed by atoms with E-state index in [2.05, 4.69) is 20.4 Å². The maximum Gasteiger partial charge on any atom is 0.433 e. The average Bonchev–Trinajstić information content (AvgIpc) is 3.16. The molecule has 8 nitrogen and oxygen atoms in total. The molecule has 0 saturated heterocycles. The summed E-state index contributed by atoms with van der Waals surface area (Å²) in [4.78, 5) is 30.9. The number of hydrogen-bond acceptors (Lipinski definition) is 5. The zero-order chi connectivity index (χ0) is 22.2. The van der Waals surface area contributed by atoms with Crippen molar-refractivity contribution >= 4 is 28.6 Å². The number of alkyl halides is 3. The van der Waals surface area contributed by atoms with Crippen LogP contribution in [0, 0.1) is 5.92 Å². The number of amides is 1. The number of carboxylic acids is 1. The Morgan fingerprint density at radius 2 is 1.90 bits per heavy atom. The number of nitrogens with one attached hydrogen (secondary N) is 1. The third-order valence-electron chi connectivity index (χ3n) is 5.34. The van der Waals surface area contributed by atoms with Crippen LogP contribution < -0.4 is 5.32 Å². The maximum absolute atomic E-state index is 12.8. The largest absolute Gasteiger partial charge is 0.481 e. The normalized spacial score (nSPS) is 19.3. The van der Waals surface area contributed by atoms with Crippen molar-refractivity contribution in [3.05, 3.63) is 48.0 Å². The molecule has 0 atom stereocenters. The third kappa shape index (κ3) is 4.49. The molecule has 11 heteroatoms. The number of carboxylic acid groups (broad SMARTS) is 1. The number of fused-ring (bicyclic) bond motifs is 1. The number of pyridine rings is 2. The van der Waals surface area contributed by atoms with Crippen LogP contribution >= 0.6 is 0 Å². The highest BCUT2D eigenvalue weighted by Crippen LogP contribution is 2.33. The van der Waals surface area contributed by atoms with E-state index in [4.69, 9.17) is 5.11 Å². The van der Waals surface area contributed by atoms with Crippen molar-refractivity contribution in [2.45, 2.75) is 37.9 Å². The summed E-state index contributed by atoms with van der Waals surface area (Å²) in [7, 11) is 0. The monoisotopic (exact) mass is 433 g/mol. The number of anilines is 1. The molecular weight excluding hydrogens is 415 g/mol. The minimum absolute atomic E-state index is 0.0790. The summed E-state index contributed by atoms with van der Waals surface area (Å²) in [6.07, 6.45) is 1.17. The van der Waals surface area contributed by atoms with Gasteiger partial charge in [-0.2, -0.15) is 18.3 Å². The Hall–Kier alpha value is -3.50. The Balaban J connectivity index is 1.49. The van der Waals surface area contributed by atoms with Gasteiger partial charge in [-0.25, -0.2) is 9.97 Å². The van der Waals surface area contributed by atoms with Gasteiger partial charge in [-0.05, 0) is 43.9 Å². The van der Waals surface area contributed by atoms with Crippen molar-refractivity contribution < 1.29 is 27.9 Å². The summed E-state index contributed by atoms with van der Waals surface area (Å²) in [5.41, 5.74) is -0.930. The molecule has 0 bridgehead atoms. The van der Waals surface area contributed by atoms with Crippen molar-refractivity contribution in [1.29, 1.82) is 0 Å². The fourth-order valence-corrected chi connectivity index (χ4v) is 3.69. The Labute approximate surface area is 174 Å². The van der Waals surface area contributed by atoms with Gasteiger partial charge in [0, 0.05) is 11.6 Å². The highest BCUT2D eigenvalue weighted by atomic mass is 19.4. The Morgan fingerprint density at radius 3 is 2.58 bits per heavy atom. The lowest BCUT2D eigenvalue weighted by Gasteiger charge is -2.26. The molecule has 0 spiro atoms. The number of rotatable bonds is 4. The Morgan fingerprint density at radius 1 is 1.16 bits per heavy atom. The number of carbonyl (C=O) groups is 2. The van der Waals surface area contributed by atoms with Gasteiger partial charge in [0.05, 0.1) is 18.2 Å². The molecule has 0 radical (unpaired) electrons. The first-order valence-corrected chi connectivity index (χ1v) is 9.64. The summed E-state index contributed by atoms with van der Waals surface area (Å²) < 4.78 is 40.2. The molecule has 1 saturated carbocycles. The van der Waals surface area contributed by atoms with E-state index in [1.54, 1.807) is 16.9 Å². The quantitative estimate of drug-likeness (QED) is 0.646.